The molecule has 0 N–H and O–H groups in total. The second kappa shape index (κ2) is 10.1. The van der Waals surface area contributed by atoms with Gasteiger partial charge in [0.2, 0.25) is 12.4 Å². The van der Waals surface area contributed by atoms with Crippen molar-refractivity contribution in [2.24, 2.45) is 0 Å². The van der Waals surface area contributed by atoms with Crippen molar-refractivity contribution in [3.05, 3.63) is 88.5 Å². The number of aryl methyl sites for hydroxylation is 1. The van der Waals surface area contributed by atoms with Crippen LogP contribution in [0.25, 0.3) is 0 Å². The number of ether oxygens (including phenoxy) is 1. The van der Waals surface area contributed by atoms with Crippen molar-refractivity contribution in [3.8, 4) is 5.75 Å². The van der Waals surface area contributed by atoms with Crippen molar-refractivity contribution >= 4 is 9.84 Å². The first-order chi connectivity index (χ1) is 16.9. The van der Waals surface area contributed by atoms with Crippen LogP contribution in [0.5, 0.6) is 5.75 Å². The molecule has 0 saturated heterocycles. The molecule has 0 unspecified atom stereocenters. The van der Waals surface area contributed by atoms with Crippen LogP contribution in [-0.2, 0) is 28.2 Å². The van der Waals surface area contributed by atoms with E-state index in [1.165, 1.54) is 36.4 Å². The number of sulfone groups is 1. The van der Waals surface area contributed by atoms with Crippen LogP contribution in [-0.4, -0.2) is 26.4 Å². The van der Waals surface area contributed by atoms with Crippen LogP contribution in [0.2, 0.25) is 0 Å². The van der Waals surface area contributed by atoms with Gasteiger partial charge in [0.05, 0.1) is 28.5 Å². The Hall–Kier alpha value is -3.08. The number of aromatic nitrogens is 1. The lowest BCUT2D eigenvalue weighted by Crippen LogP contribution is -2.18. The number of benzene rings is 2. The van der Waals surface area contributed by atoms with E-state index < -0.39 is 52.0 Å². The molecule has 2 aromatic carbocycles. The first-order valence-corrected chi connectivity index (χ1v) is 12.7. The Kier molecular flexibility index (Phi) is 7.31. The Morgan fingerprint density at radius 2 is 1.78 bits per heavy atom. The van der Waals surface area contributed by atoms with E-state index in [9.17, 15) is 34.8 Å². The van der Waals surface area contributed by atoms with Crippen LogP contribution < -0.4 is 4.74 Å². The highest BCUT2D eigenvalue weighted by Gasteiger charge is 2.33. The van der Waals surface area contributed by atoms with Gasteiger partial charge in [-0.1, -0.05) is 18.2 Å². The molecule has 0 bridgehead atoms. The molecule has 4 rings (SSSR count). The predicted octanol–water partition coefficient (Wildman–Crippen LogP) is 6.33. The third kappa shape index (κ3) is 5.83. The minimum absolute atomic E-state index is 0.0277. The number of fused-ring (bicyclic) bond motifs is 1. The Morgan fingerprint density at radius 1 is 1.03 bits per heavy atom. The summed E-state index contributed by atoms with van der Waals surface area (Å²) in [5.41, 5.74) is 0.280. The molecule has 2 heterocycles. The number of hydrogen-bond acceptors (Lipinski definition) is 4. The molecule has 1 aliphatic rings. The van der Waals surface area contributed by atoms with Crippen LogP contribution in [0, 0.1) is 5.95 Å². The molecule has 0 fully saturated rings. The van der Waals surface area contributed by atoms with Gasteiger partial charge in [-0.2, -0.15) is 17.6 Å². The second-order valence-electron chi connectivity index (χ2n) is 8.44. The molecule has 3 aromatic rings. The van der Waals surface area contributed by atoms with Crippen LogP contribution in [0.15, 0.2) is 59.5 Å². The highest BCUT2D eigenvalue weighted by molar-refractivity contribution is 7.90. The predicted molar refractivity (Wildman–Crippen MR) is 119 cm³/mol. The maximum Gasteiger partial charge on any atom is 0.416 e. The monoisotopic (exact) mass is 529 g/mol. The largest absolute Gasteiger partial charge is 0.493 e. The van der Waals surface area contributed by atoms with E-state index in [2.05, 4.69) is 4.98 Å². The molecule has 0 spiro atoms. The van der Waals surface area contributed by atoms with E-state index in [0.717, 1.165) is 18.2 Å². The van der Waals surface area contributed by atoms with Crippen molar-refractivity contribution in [3.63, 3.8) is 0 Å². The first kappa shape index (κ1) is 26.0. The lowest BCUT2D eigenvalue weighted by molar-refractivity contribution is -0.137. The van der Waals surface area contributed by atoms with Gasteiger partial charge < -0.3 is 4.74 Å². The van der Waals surface area contributed by atoms with E-state index in [1.807, 2.05) is 0 Å². The van der Waals surface area contributed by atoms with Gasteiger partial charge in [0.1, 0.15) is 5.75 Å². The summed E-state index contributed by atoms with van der Waals surface area (Å²) in [7, 11) is -3.91. The number of alkyl halides is 5. The molecule has 0 aliphatic carbocycles. The normalized spacial score (nSPS) is 16.0. The number of rotatable bonds is 7. The van der Waals surface area contributed by atoms with Crippen molar-refractivity contribution in [1.29, 1.82) is 0 Å². The number of halogens is 6. The van der Waals surface area contributed by atoms with Gasteiger partial charge in [0, 0.05) is 17.9 Å². The van der Waals surface area contributed by atoms with E-state index in [0.29, 0.717) is 17.5 Å². The molecule has 4 nitrogen and oxygen atoms in total. The van der Waals surface area contributed by atoms with Crippen molar-refractivity contribution in [2.45, 2.75) is 48.4 Å². The van der Waals surface area contributed by atoms with Crippen LogP contribution in [0.1, 0.15) is 46.7 Å². The zero-order chi connectivity index (χ0) is 26.1. The molecule has 1 aliphatic heterocycles. The number of nitrogens with zero attached hydrogens (tertiary/aromatic N) is 1. The van der Waals surface area contributed by atoms with Crippen molar-refractivity contribution in [2.75, 3.05) is 6.61 Å². The smallest absolute Gasteiger partial charge is 0.416 e. The molecule has 11 heteroatoms. The van der Waals surface area contributed by atoms with Crippen molar-refractivity contribution in [1.82, 2.24) is 4.98 Å². The van der Waals surface area contributed by atoms with Crippen LogP contribution in [0.3, 0.4) is 0 Å². The molecule has 0 radical (unpaired) electrons. The Balaban J connectivity index is 1.69. The first-order valence-electron chi connectivity index (χ1n) is 11.0. The van der Waals surface area contributed by atoms with Gasteiger partial charge in [-0.3, -0.25) is 0 Å². The number of hydrogen-bond donors (Lipinski definition) is 0. The van der Waals surface area contributed by atoms with E-state index in [-0.39, 0.29) is 34.9 Å². The fourth-order valence-corrected chi connectivity index (χ4v) is 5.58. The minimum atomic E-state index is -4.62. The van der Waals surface area contributed by atoms with Gasteiger partial charge >= 0.3 is 6.18 Å². The standard InChI is InChI=1S/C25H21F6NO3S/c26-23(27)9-4-15-12-16(25(29,30)31)5-7-19(15)20-10-11-35-22-13-18(6-8-21(20)22)36(33,34)14-17-2-1-3-24(28)32-17/h1-3,5-8,12-13,20,23H,4,9-11,14H2/t20-/m1/s1. The zero-order valence-corrected chi connectivity index (χ0v) is 19.6. The Morgan fingerprint density at radius 3 is 2.47 bits per heavy atom. The number of pyridine rings is 1. The highest BCUT2D eigenvalue weighted by Crippen LogP contribution is 2.42. The summed E-state index contributed by atoms with van der Waals surface area (Å²) in [5, 5.41) is 0. The topological polar surface area (TPSA) is 56.3 Å². The quantitative estimate of drug-likeness (QED) is 0.265. The molecule has 1 atom stereocenters. The van der Waals surface area contributed by atoms with Gasteiger partial charge in [-0.05, 0) is 60.4 Å². The minimum Gasteiger partial charge on any atom is -0.493 e. The Bertz CT molecular complexity index is 1360. The summed E-state index contributed by atoms with van der Waals surface area (Å²) in [6.07, 6.45) is -7.74. The third-order valence-electron chi connectivity index (χ3n) is 5.97. The molecule has 192 valence electrons. The highest BCUT2D eigenvalue weighted by atomic mass is 32.2. The fourth-order valence-electron chi connectivity index (χ4n) is 4.30. The molecule has 36 heavy (non-hydrogen) atoms. The summed E-state index contributed by atoms with van der Waals surface area (Å²) >= 11 is 0. The average Bonchev–Trinajstić information content (AvgIpc) is 2.81. The maximum absolute atomic E-state index is 13.4. The molecular formula is C25H21F6NO3S. The second-order valence-corrected chi connectivity index (χ2v) is 10.4. The van der Waals surface area contributed by atoms with E-state index in [1.54, 1.807) is 0 Å². The SMILES string of the molecule is O=S(=O)(Cc1cccc(F)n1)c1ccc2c(c1)OCC[C@@H]2c1ccc(C(F)(F)F)cc1CCC(F)F. The van der Waals surface area contributed by atoms with Crippen molar-refractivity contribution < 1.29 is 39.5 Å². The summed E-state index contributed by atoms with van der Waals surface area (Å²) in [6, 6.07) is 11.1. The van der Waals surface area contributed by atoms with Gasteiger partial charge in [-0.15, -0.1) is 0 Å². The average molecular weight is 530 g/mol. The summed E-state index contributed by atoms with van der Waals surface area (Å²) in [4.78, 5) is 3.49. The van der Waals surface area contributed by atoms with E-state index >= 15 is 0 Å². The fraction of sp³-hybridized carbons (Fsp3) is 0.320. The lowest BCUT2D eigenvalue weighted by Gasteiger charge is -2.29. The van der Waals surface area contributed by atoms with Gasteiger partial charge in [0.25, 0.3) is 0 Å². The molecule has 0 amide bonds. The lowest BCUT2D eigenvalue weighted by atomic mass is 9.82. The summed E-state index contributed by atoms with van der Waals surface area (Å²) in [5.74, 6) is -1.58. The molecule has 1 aromatic heterocycles. The summed E-state index contributed by atoms with van der Waals surface area (Å²) in [6.45, 7) is 0.155. The Labute approximate surface area is 203 Å². The third-order valence-corrected chi connectivity index (χ3v) is 7.62. The maximum atomic E-state index is 13.4. The van der Waals surface area contributed by atoms with E-state index in [4.69, 9.17) is 4.74 Å². The van der Waals surface area contributed by atoms with Crippen LogP contribution >= 0.6 is 0 Å². The van der Waals surface area contributed by atoms with Gasteiger partial charge in [-0.25, -0.2) is 22.2 Å². The zero-order valence-electron chi connectivity index (χ0n) is 18.7. The molecule has 0 saturated carbocycles. The molecular weight excluding hydrogens is 508 g/mol. The van der Waals surface area contributed by atoms with Crippen LogP contribution in [0.4, 0.5) is 26.3 Å². The summed E-state index contributed by atoms with van der Waals surface area (Å²) < 4.78 is 110. The van der Waals surface area contributed by atoms with Gasteiger partial charge in [0.15, 0.2) is 9.84 Å².